The zero-order chi connectivity index (χ0) is 14.4. The standard InChI is InChI=1S/C10H14N4O4S/c1-5-6(2)19-10(13-5)14-9(18)12-3-7(15)11-4-8(16)17/h3-4H2,1-2H3,(H,11,15)(H,16,17)(H2,12,13,14,18). The van der Waals surface area contributed by atoms with Crippen LogP contribution in [0.2, 0.25) is 0 Å². The van der Waals surface area contributed by atoms with Crippen LogP contribution in [0.25, 0.3) is 0 Å². The predicted molar refractivity (Wildman–Crippen MR) is 69.3 cm³/mol. The van der Waals surface area contributed by atoms with Crippen molar-refractivity contribution >= 4 is 34.4 Å². The third-order valence-corrected chi connectivity index (χ3v) is 3.08. The highest BCUT2D eigenvalue weighted by Gasteiger charge is 2.09. The average Bonchev–Trinajstić information content (AvgIpc) is 2.63. The number of carboxylic acid groups (broad SMARTS) is 1. The molecule has 104 valence electrons. The van der Waals surface area contributed by atoms with E-state index in [9.17, 15) is 14.4 Å². The summed E-state index contributed by atoms with van der Waals surface area (Å²) in [5.74, 6) is -1.73. The third-order valence-electron chi connectivity index (χ3n) is 2.10. The molecule has 1 aromatic heterocycles. The molecular formula is C10H14N4O4S. The van der Waals surface area contributed by atoms with Crippen molar-refractivity contribution in [3.05, 3.63) is 10.6 Å². The maximum atomic E-state index is 11.4. The third kappa shape index (κ3) is 5.34. The number of nitrogens with zero attached hydrogens (tertiary/aromatic N) is 1. The smallest absolute Gasteiger partial charge is 0.322 e. The van der Waals surface area contributed by atoms with E-state index in [0.717, 1.165) is 10.6 Å². The van der Waals surface area contributed by atoms with E-state index in [1.807, 2.05) is 13.8 Å². The lowest BCUT2D eigenvalue weighted by molar-refractivity contribution is -0.137. The molecule has 0 aromatic carbocycles. The van der Waals surface area contributed by atoms with E-state index in [-0.39, 0.29) is 6.54 Å². The number of carboxylic acids is 1. The summed E-state index contributed by atoms with van der Waals surface area (Å²) < 4.78 is 0. The van der Waals surface area contributed by atoms with Crippen LogP contribution in [0.5, 0.6) is 0 Å². The maximum absolute atomic E-state index is 11.4. The molecule has 0 saturated carbocycles. The summed E-state index contributed by atoms with van der Waals surface area (Å²) in [7, 11) is 0. The van der Waals surface area contributed by atoms with E-state index in [2.05, 4.69) is 20.9 Å². The molecule has 0 aliphatic rings. The average molecular weight is 286 g/mol. The molecule has 0 fully saturated rings. The first kappa shape index (κ1) is 14.9. The molecular weight excluding hydrogens is 272 g/mol. The van der Waals surface area contributed by atoms with Crippen LogP contribution in [0.3, 0.4) is 0 Å². The first-order valence-electron chi connectivity index (χ1n) is 5.36. The van der Waals surface area contributed by atoms with Gasteiger partial charge in [-0.05, 0) is 13.8 Å². The zero-order valence-corrected chi connectivity index (χ0v) is 11.3. The number of aliphatic carboxylic acids is 1. The lowest BCUT2D eigenvalue weighted by atomic mass is 10.4. The quantitative estimate of drug-likeness (QED) is 0.611. The number of anilines is 1. The van der Waals surface area contributed by atoms with Crippen molar-refractivity contribution in [3.63, 3.8) is 0 Å². The number of thiazole rings is 1. The molecule has 1 aromatic rings. The summed E-state index contributed by atoms with van der Waals surface area (Å²) in [5, 5.41) is 15.7. The normalized spacial score (nSPS) is 9.79. The second-order valence-electron chi connectivity index (χ2n) is 3.64. The fourth-order valence-electron chi connectivity index (χ4n) is 1.06. The van der Waals surface area contributed by atoms with Crippen LogP contribution in [0, 0.1) is 13.8 Å². The van der Waals surface area contributed by atoms with Gasteiger partial charge in [-0.15, -0.1) is 11.3 Å². The van der Waals surface area contributed by atoms with Gasteiger partial charge in [0.1, 0.15) is 6.54 Å². The number of nitrogens with one attached hydrogen (secondary N) is 3. The highest BCUT2D eigenvalue weighted by atomic mass is 32.1. The number of rotatable bonds is 5. The highest BCUT2D eigenvalue weighted by Crippen LogP contribution is 2.20. The van der Waals surface area contributed by atoms with Crippen molar-refractivity contribution in [3.8, 4) is 0 Å². The molecule has 19 heavy (non-hydrogen) atoms. The molecule has 1 rings (SSSR count). The molecule has 0 saturated heterocycles. The minimum atomic E-state index is -1.15. The number of carbonyl (C=O) groups excluding carboxylic acids is 2. The lowest BCUT2D eigenvalue weighted by Crippen LogP contribution is -2.40. The van der Waals surface area contributed by atoms with E-state index >= 15 is 0 Å². The summed E-state index contributed by atoms with van der Waals surface area (Å²) in [6.45, 7) is 2.93. The van der Waals surface area contributed by atoms with Crippen molar-refractivity contribution < 1.29 is 19.5 Å². The Labute approximate surface area is 113 Å². The van der Waals surface area contributed by atoms with Gasteiger partial charge in [-0.3, -0.25) is 14.9 Å². The lowest BCUT2D eigenvalue weighted by Gasteiger charge is -2.05. The molecule has 0 aliphatic carbocycles. The number of amides is 3. The summed E-state index contributed by atoms with van der Waals surface area (Å²) in [4.78, 5) is 37.9. The van der Waals surface area contributed by atoms with Crippen LogP contribution in [-0.4, -0.2) is 41.1 Å². The number of hydrogen-bond acceptors (Lipinski definition) is 5. The first-order valence-corrected chi connectivity index (χ1v) is 6.17. The van der Waals surface area contributed by atoms with Gasteiger partial charge in [-0.1, -0.05) is 0 Å². The fourth-order valence-corrected chi connectivity index (χ4v) is 1.87. The number of aromatic nitrogens is 1. The Kier molecular flexibility index (Phi) is 5.24. The van der Waals surface area contributed by atoms with Crippen LogP contribution >= 0.6 is 11.3 Å². The molecule has 0 unspecified atom stereocenters. The van der Waals surface area contributed by atoms with Crippen molar-refractivity contribution in [1.29, 1.82) is 0 Å². The molecule has 8 nitrogen and oxygen atoms in total. The van der Waals surface area contributed by atoms with Crippen molar-refractivity contribution in [2.45, 2.75) is 13.8 Å². The van der Waals surface area contributed by atoms with E-state index in [1.165, 1.54) is 11.3 Å². The van der Waals surface area contributed by atoms with E-state index < -0.39 is 24.5 Å². The van der Waals surface area contributed by atoms with Gasteiger partial charge in [-0.25, -0.2) is 9.78 Å². The summed E-state index contributed by atoms with van der Waals surface area (Å²) >= 11 is 1.33. The fraction of sp³-hybridized carbons (Fsp3) is 0.400. The number of aryl methyl sites for hydroxylation is 2. The molecule has 9 heteroatoms. The summed E-state index contributed by atoms with van der Waals surface area (Å²) in [5.41, 5.74) is 0.833. The molecule has 4 N–H and O–H groups in total. The second-order valence-corrected chi connectivity index (χ2v) is 4.84. The van der Waals surface area contributed by atoms with Gasteiger partial charge >= 0.3 is 12.0 Å². The summed E-state index contributed by atoms with van der Waals surface area (Å²) in [6, 6.07) is -0.570. The minimum Gasteiger partial charge on any atom is -0.480 e. The highest BCUT2D eigenvalue weighted by molar-refractivity contribution is 7.15. The Balaban J connectivity index is 2.31. The first-order chi connectivity index (χ1) is 8.88. The molecule has 0 spiro atoms. The van der Waals surface area contributed by atoms with Crippen LogP contribution < -0.4 is 16.0 Å². The van der Waals surface area contributed by atoms with Crippen molar-refractivity contribution in [2.24, 2.45) is 0 Å². The minimum absolute atomic E-state index is 0.303. The van der Waals surface area contributed by atoms with Gasteiger partial charge in [0.05, 0.1) is 12.2 Å². The summed E-state index contributed by atoms with van der Waals surface area (Å²) in [6.07, 6.45) is 0. The Bertz CT molecular complexity index is 480. The maximum Gasteiger partial charge on any atom is 0.322 e. The molecule has 3 amide bonds. The Morgan fingerprint density at radius 1 is 1.21 bits per heavy atom. The van der Waals surface area contributed by atoms with Crippen LogP contribution in [0.4, 0.5) is 9.93 Å². The van der Waals surface area contributed by atoms with Gasteiger partial charge in [0.25, 0.3) is 0 Å². The van der Waals surface area contributed by atoms with Gasteiger partial charge in [-0.2, -0.15) is 0 Å². The molecule has 1 heterocycles. The van der Waals surface area contributed by atoms with E-state index in [0.29, 0.717) is 5.13 Å². The van der Waals surface area contributed by atoms with Crippen LogP contribution in [0.15, 0.2) is 0 Å². The number of urea groups is 1. The van der Waals surface area contributed by atoms with E-state index in [4.69, 9.17) is 5.11 Å². The molecule has 0 aliphatic heterocycles. The monoisotopic (exact) mass is 286 g/mol. The molecule has 0 atom stereocenters. The predicted octanol–water partition coefficient (Wildman–Crippen LogP) is 0.0822. The van der Waals surface area contributed by atoms with Crippen LogP contribution in [-0.2, 0) is 9.59 Å². The van der Waals surface area contributed by atoms with Gasteiger partial charge in [0.2, 0.25) is 5.91 Å². The largest absolute Gasteiger partial charge is 0.480 e. The Hall–Kier alpha value is -2.16. The number of hydrogen-bond donors (Lipinski definition) is 4. The van der Waals surface area contributed by atoms with Crippen molar-refractivity contribution in [1.82, 2.24) is 15.6 Å². The SMILES string of the molecule is Cc1nc(NC(=O)NCC(=O)NCC(=O)O)sc1C. The van der Waals surface area contributed by atoms with Crippen LogP contribution in [0.1, 0.15) is 10.6 Å². The molecule has 0 bridgehead atoms. The number of carbonyl (C=O) groups is 3. The zero-order valence-electron chi connectivity index (χ0n) is 10.4. The van der Waals surface area contributed by atoms with Gasteiger partial charge in [0.15, 0.2) is 5.13 Å². The van der Waals surface area contributed by atoms with Gasteiger partial charge in [0, 0.05) is 4.88 Å². The topological polar surface area (TPSA) is 120 Å². The second kappa shape index (κ2) is 6.69. The Morgan fingerprint density at radius 2 is 1.89 bits per heavy atom. The molecule has 0 radical (unpaired) electrons. The van der Waals surface area contributed by atoms with Crippen molar-refractivity contribution in [2.75, 3.05) is 18.4 Å². The Morgan fingerprint density at radius 3 is 2.42 bits per heavy atom. The van der Waals surface area contributed by atoms with E-state index in [1.54, 1.807) is 0 Å². The van der Waals surface area contributed by atoms with Gasteiger partial charge < -0.3 is 15.7 Å².